The average molecular weight is 386 g/mol. The molecule has 0 bridgehead atoms. The van der Waals surface area contributed by atoms with Crippen LogP contribution in [0.15, 0.2) is 18.2 Å². The second-order valence-electron chi connectivity index (χ2n) is 8.96. The van der Waals surface area contributed by atoms with E-state index < -0.39 is 0 Å². The molecule has 1 aliphatic rings. The largest absolute Gasteiger partial charge is 0.493 e. The lowest BCUT2D eigenvalue weighted by molar-refractivity contribution is 0.301. The second-order valence-corrected chi connectivity index (χ2v) is 8.96. The zero-order valence-corrected chi connectivity index (χ0v) is 18.7. The fourth-order valence-corrected chi connectivity index (χ4v) is 4.61. The number of benzene rings is 1. The minimum absolute atomic E-state index is 0.865. The van der Waals surface area contributed by atoms with Crippen molar-refractivity contribution in [2.45, 2.75) is 122 Å². The Balaban J connectivity index is 1.46. The molecule has 1 aromatic carbocycles. The number of rotatable bonds is 17. The number of ether oxygens (including phenoxy) is 1. The molecule has 0 unspecified atom stereocenters. The Morgan fingerprint density at radius 3 is 2.32 bits per heavy atom. The third-order valence-corrected chi connectivity index (χ3v) is 6.45. The monoisotopic (exact) mass is 385 g/mol. The van der Waals surface area contributed by atoms with Gasteiger partial charge in [0.1, 0.15) is 5.75 Å². The molecule has 0 N–H and O–H groups in total. The van der Waals surface area contributed by atoms with E-state index in [1.165, 1.54) is 115 Å². The van der Waals surface area contributed by atoms with Crippen LogP contribution in [-0.4, -0.2) is 6.61 Å². The molecular weight excluding hydrogens is 340 g/mol. The molecular formula is C27H45O. The molecule has 0 amide bonds. The van der Waals surface area contributed by atoms with Gasteiger partial charge in [0.15, 0.2) is 0 Å². The van der Waals surface area contributed by atoms with Crippen LogP contribution in [0.3, 0.4) is 0 Å². The van der Waals surface area contributed by atoms with Gasteiger partial charge in [-0.2, -0.15) is 0 Å². The summed E-state index contributed by atoms with van der Waals surface area (Å²) in [6.07, 6.45) is 24.9. The van der Waals surface area contributed by atoms with Crippen molar-refractivity contribution in [2.24, 2.45) is 5.92 Å². The summed E-state index contributed by atoms with van der Waals surface area (Å²) < 4.78 is 6.10. The van der Waals surface area contributed by atoms with Crippen LogP contribution in [0.25, 0.3) is 0 Å². The van der Waals surface area contributed by atoms with Gasteiger partial charge in [0.05, 0.1) is 6.61 Å². The fraction of sp³-hybridized carbons (Fsp3) is 0.778. The van der Waals surface area contributed by atoms with Gasteiger partial charge >= 0.3 is 0 Å². The molecule has 1 aromatic rings. The number of hydrogen-bond acceptors (Lipinski definition) is 1. The highest BCUT2D eigenvalue weighted by atomic mass is 16.5. The van der Waals surface area contributed by atoms with E-state index in [0.717, 1.165) is 24.7 Å². The highest BCUT2D eigenvalue weighted by Gasteiger charge is 2.13. The van der Waals surface area contributed by atoms with Gasteiger partial charge in [-0.3, -0.25) is 0 Å². The third-order valence-electron chi connectivity index (χ3n) is 6.45. The van der Waals surface area contributed by atoms with Crippen LogP contribution in [0.1, 0.15) is 122 Å². The molecule has 0 aliphatic heterocycles. The Morgan fingerprint density at radius 1 is 0.857 bits per heavy atom. The summed E-state index contributed by atoms with van der Waals surface area (Å²) in [4.78, 5) is 0. The molecule has 1 heteroatoms. The van der Waals surface area contributed by atoms with Crippen molar-refractivity contribution >= 4 is 0 Å². The van der Waals surface area contributed by atoms with E-state index in [0.29, 0.717) is 0 Å². The van der Waals surface area contributed by atoms with Crippen molar-refractivity contribution in [2.75, 3.05) is 6.61 Å². The van der Waals surface area contributed by atoms with Gasteiger partial charge in [0.25, 0.3) is 0 Å². The molecule has 1 aliphatic carbocycles. The first-order valence-corrected chi connectivity index (χ1v) is 12.5. The molecule has 0 aromatic heterocycles. The van der Waals surface area contributed by atoms with Crippen LogP contribution < -0.4 is 4.74 Å². The second kappa shape index (κ2) is 15.9. The average Bonchev–Trinajstić information content (AvgIpc) is 3.24. The van der Waals surface area contributed by atoms with E-state index >= 15 is 0 Å². The molecule has 1 fully saturated rings. The van der Waals surface area contributed by atoms with E-state index in [9.17, 15) is 0 Å². The first-order valence-electron chi connectivity index (χ1n) is 12.5. The minimum Gasteiger partial charge on any atom is -0.493 e. The van der Waals surface area contributed by atoms with Crippen LogP contribution in [0.5, 0.6) is 5.75 Å². The maximum atomic E-state index is 6.10. The molecule has 28 heavy (non-hydrogen) atoms. The minimum atomic E-state index is 0.865. The topological polar surface area (TPSA) is 9.23 Å². The van der Waals surface area contributed by atoms with E-state index in [1.807, 2.05) is 12.1 Å². The normalized spacial score (nSPS) is 14.6. The van der Waals surface area contributed by atoms with Crippen LogP contribution in [0.2, 0.25) is 0 Å². The summed E-state index contributed by atoms with van der Waals surface area (Å²) in [6, 6.07) is 9.46. The van der Waals surface area contributed by atoms with Crippen LogP contribution in [-0.2, 0) is 6.42 Å². The van der Waals surface area contributed by atoms with Crippen LogP contribution in [0, 0.1) is 12.0 Å². The predicted octanol–water partition coefficient (Wildman–Crippen LogP) is 8.69. The first-order chi connectivity index (χ1) is 13.9. The van der Waals surface area contributed by atoms with Crippen molar-refractivity contribution in [3.63, 3.8) is 0 Å². The lowest BCUT2D eigenvalue weighted by Crippen LogP contribution is -2.00. The summed E-state index contributed by atoms with van der Waals surface area (Å²) in [5, 5.41) is 0. The Bertz CT molecular complexity index is 475. The molecule has 0 spiro atoms. The Morgan fingerprint density at radius 2 is 1.54 bits per heavy atom. The Hall–Kier alpha value is -0.980. The Kier molecular flexibility index (Phi) is 13.2. The lowest BCUT2D eigenvalue weighted by atomic mass is 9.99. The smallest absolute Gasteiger partial charge is 0.123 e. The maximum Gasteiger partial charge on any atom is 0.123 e. The number of unbranched alkanes of at least 4 members (excludes halogenated alkanes) is 10. The van der Waals surface area contributed by atoms with Crippen LogP contribution in [0.4, 0.5) is 0 Å². The summed E-state index contributed by atoms with van der Waals surface area (Å²) in [6.45, 7) is 3.14. The zero-order chi connectivity index (χ0) is 19.7. The quantitative estimate of drug-likeness (QED) is 0.244. The Labute approximate surface area is 175 Å². The van der Waals surface area contributed by atoms with Crippen molar-refractivity contribution < 1.29 is 4.74 Å². The first kappa shape index (κ1) is 23.3. The van der Waals surface area contributed by atoms with Gasteiger partial charge in [-0.15, -0.1) is 0 Å². The van der Waals surface area contributed by atoms with Gasteiger partial charge in [-0.1, -0.05) is 115 Å². The summed E-state index contributed by atoms with van der Waals surface area (Å²) >= 11 is 0. The maximum absolute atomic E-state index is 6.10. The molecule has 1 radical (unpaired) electrons. The van der Waals surface area contributed by atoms with Gasteiger partial charge in [0, 0.05) is 0 Å². The highest BCUT2D eigenvalue weighted by Crippen LogP contribution is 2.29. The van der Waals surface area contributed by atoms with Gasteiger partial charge in [0.2, 0.25) is 0 Å². The lowest BCUT2D eigenvalue weighted by Gasteiger charge is -2.11. The van der Waals surface area contributed by atoms with E-state index in [-0.39, 0.29) is 0 Å². The van der Waals surface area contributed by atoms with E-state index in [1.54, 1.807) is 0 Å². The van der Waals surface area contributed by atoms with Gasteiger partial charge in [-0.05, 0) is 42.9 Å². The molecule has 0 saturated heterocycles. The van der Waals surface area contributed by atoms with Crippen molar-refractivity contribution in [1.82, 2.24) is 0 Å². The number of aryl methyl sites for hydroxylation is 1. The van der Waals surface area contributed by atoms with Gasteiger partial charge < -0.3 is 4.74 Å². The molecule has 2 rings (SSSR count). The molecule has 1 saturated carbocycles. The molecule has 159 valence electrons. The van der Waals surface area contributed by atoms with Crippen LogP contribution >= 0.6 is 0 Å². The van der Waals surface area contributed by atoms with Crippen molar-refractivity contribution in [3.05, 3.63) is 29.8 Å². The standard InChI is InChI=1S/C27H45O/c1-2-3-4-5-9-12-21-26-22-15-16-23-27(26)28-24-17-10-7-6-8-11-18-25-19-13-14-20-25/h15,22-23,25H,2-14,17-21,24H2,1H3. The van der Waals surface area contributed by atoms with E-state index in [2.05, 4.69) is 19.1 Å². The van der Waals surface area contributed by atoms with Gasteiger partial charge in [-0.25, -0.2) is 0 Å². The molecule has 1 nitrogen and oxygen atoms in total. The predicted molar refractivity (Wildman–Crippen MR) is 122 cm³/mol. The zero-order valence-electron chi connectivity index (χ0n) is 18.7. The third kappa shape index (κ3) is 10.5. The van der Waals surface area contributed by atoms with Crippen molar-refractivity contribution in [1.29, 1.82) is 0 Å². The fourth-order valence-electron chi connectivity index (χ4n) is 4.61. The summed E-state index contributed by atoms with van der Waals surface area (Å²) in [5.41, 5.74) is 1.38. The summed E-state index contributed by atoms with van der Waals surface area (Å²) in [5.74, 6) is 2.15. The highest BCUT2D eigenvalue weighted by molar-refractivity contribution is 5.32. The number of hydrogen-bond donors (Lipinski definition) is 0. The van der Waals surface area contributed by atoms with E-state index in [4.69, 9.17) is 4.74 Å². The molecule has 0 atom stereocenters. The summed E-state index contributed by atoms with van der Waals surface area (Å²) in [7, 11) is 0. The molecule has 0 heterocycles. The van der Waals surface area contributed by atoms with Crippen molar-refractivity contribution in [3.8, 4) is 5.75 Å². The SMILES string of the molecule is CCCCCCCCc1cc[c]cc1OCCCCCCCCC1CCCC1.